The molecule has 1 heterocycles. The molecule has 0 aliphatic rings. The highest BCUT2D eigenvalue weighted by atomic mass is 16.4. The van der Waals surface area contributed by atoms with Crippen LogP contribution >= 0.6 is 0 Å². The van der Waals surface area contributed by atoms with Gasteiger partial charge in [-0.2, -0.15) is 0 Å². The molecule has 0 unspecified atom stereocenters. The molecule has 0 radical (unpaired) electrons. The molecule has 2 rings (SSSR count). The van der Waals surface area contributed by atoms with Crippen LogP contribution in [0.5, 0.6) is 0 Å². The fraction of sp³-hybridized carbons (Fsp3) is 0.333. The molecule has 0 aliphatic carbocycles. The van der Waals surface area contributed by atoms with Crippen molar-refractivity contribution < 1.29 is 4.42 Å². The molecule has 0 saturated carbocycles. The monoisotopic (exact) mass is 203 g/mol. The van der Waals surface area contributed by atoms with Crippen molar-refractivity contribution in [2.75, 3.05) is 0 Å². The maximum atomic E-state index is 11.6. The zero-order valence-corrected chi connectivity index (χ0v) is 9.07. The van der Waals surface area contributed by atoms with Crippen LogP contribution in [-0.4, -0.2) is 4.98 Å². The first-order valence-corrected chi connectivity index (χ1v) is 4.99. The van der Waals surface area contributed by atoms with Crippen molar-refractivity contribution in [3.05, 3.63) is 40.1 Å². The standard InChI is InChI=1S/C12H13NO2/c1-7(2)9-4-5-11-10(6-9)12(14)15-8(3)13-11/h4-7H,1-3H3. The van der Waals surface area contributed by atoms with Crippen molar-refractivity contribution in [1.29, 1.82) is 0 Å². The second kappa shape index (κ2) is 3.50. The largest absolute Gasteiger partial charge is 0.408 e. The molecule has 78 valence electrons. The summed E-state index contributed by atoms with van der Waals surface area (Å²) in [4.78, 5) is 15.7. The van der Waals surface area contributed by atoms with Gasteiger partial charge in [0.1, 0.15) is 0 Å². The molecule has 1 aromatic carbocycles. The van der Waals surface area contributed by atoms with Gasteiger partial charge >= 0.3 is 5.63 Å². The van der Waals surface area contributed by atoms with E-state index in [1.165, 1.54) is 0 Å². The summed E-state index contributed by atoms with van der Waals surface area (Å²) < 4.78 is 4.96. The molecule has 3 nitrogen and oxygen atoms in total. The van der Waals surface area contributed by atoms with E-state index in [0.29, 0.717) is 22.7 Å². The zero-order chi connectivity index (χ0) is 11.0. The van der Waals surface area contributed by atoms with Crippen LogP contribution in [0.3, 0.4) is 0 Å². The summed E-state index contributed by atoms with van der Waals surface area (Å²) >= 11 is 0. The number of rotatable bonds is 1. The lowest BCUT2D eigenvalue weighted by atomic mass is 10.0. The Bertz CT molecular complexity index is 555. The Morgan fingerprint density at radius 1 is 1.33 bits per heavy atom. The molecular weight excluding hydrogens is 190 g/mol. The summed E-state index contributed by atoms with van der Waals surface area (Å²) in [7, 11) is 0. The van der Waals surface area contributed by atoms with Gasteiger partial charge < -0.3 is 4.42 Å². The predicted octanol–water partition coefficient (Wildman–Crippen LogP) is 2.62. The van der Waals surface area contributed by atoms with Gasteiger partial charge in [-0.3, -0.25) is 0 Å². The van der Waals surface area contributed by atoms with E-state index < -0.39 is 0 Å². The molecule has 0 fully saturated rings. The minimum Gasteiger partial charge on any atom is -0.408 e. The average molecular weight is 203 g/mol. The van der Waals surface area contributed by atoms with Gasteiger partial charge in [0.25, 0.3) is 0 Å². The number of hydrogen-bond donors (Lipinski definition) is 0. The second-order valence-corrected chi connectivity index (χ2v) is 3.95. The smallest absolute Gasteiger partial charge is 0.346 e. The summed E-state index contributed by atoms with van der Waals surface area (Å²) in [5, 5.41) is 0.562. The maximum absolute atomic E-state index is 11.6. The number of nitrogens with zero attached hydrogens (tertiary/aromatic N) is 1. The minimum absolute atomic E-state index is 0.306. The van der Waals surface area contributed by atoms with Crippen molar-refractivity contribution in [3.8, 4) is 0 Å². The Kier molecular flexibility index (Phi) is 2.31. The van der Waals surface area contributed by atoms with Gasteiger partial charge in [-0.1, -0.05) is 19.9 Å². The van der Waals surface area contributed by atoms with E-state index in [1.54, 1.807) is 6.92 Å². The van der Waals surface area contributed by atoms with Crippen LogP contribution in [0, 0.1) is 6.92 Å². The molecule has 2 aromatic rings. The van der Waals surface area contributed by atoms with E-state index in [9.17, 15) is 4.79 Å². The van der Waals surface area contributed by atoms with Gasteiger partial charge in [-0.25, -0.2) is 9.78 Å². The van der Waals surface area contributed by atoms with Crippen molar-refractivity contribution in [1.82, 2.24) is 4.98 Å². The fourth-order valence-corrected chi connectivity index (χ4v) is 1.56. The van der Waals surface area contributed by atoms with E-state index in [0.717, 1.165) is 5.56 Å². The number of hydrogen-bond acceptors (Lipinski definition) is 3. The number of aryl methyl sites for hydroxylation is 1. The van der Waals surface area contributed by atoms with Gasteiger partial charge in [0.15, 0.2) is 5.89 Å². The molecule has 0 bridgehead atoms. The van der Waals surface area contributed by atoms with Gasteiger partial charge in [0.2, 0.25) is 0 Å². The molecule has 0 atom stereocenters. The van der Waals surface area contributed by atoms with Crippen LogP contribution in [0.4, 0.5) is 0 Å². The summed E-state index contributed by atoms with van der Waals surface area (Å²) in [5.74, 6) is 0.805. The van der Waals surface area contributed by atoms with Crippen molar-refractivity contribution >= 4 is 10.9 Å². The Morgan fingerprint density at radius 3 is 2.73 bits per heavy atom. The Labute approximate surface area is 87.8 Å². The third-order valence-electron chi connectivity index (χ3n) is 2.43. The minimum atomic E-state index is -0.306. The molecule has 1 aromatic heterocycles. The first-order chi connectivity index (χ1) is 7.08. The summed E-state index contributed by atoms with van der Waals surface area (Å²) in [6.45, 7) is 5.85. The highest BCUT2D eigenvalue weighted by molar-refractivity contribution is 5.77. The van der Waals surface area contributed by atoms with Gasteiger partial charge in [0.05, 0.1) is 10.9 Å². The van der Waals surface area contributed by atoms with Crippen molar-refractivity contribution in [2.45, 2.75) is 26.7 Å². The molecule has 0 saturated heterocycles. The third kappa shape index (κ3) is 1.77. The van der Waals surface area contributed by atoms with Crippen molar-refractivity contribution in [2.24, 2.45) is 0 Å². The van der Waals surface area contributed by atoms with Crippen LogP contribution in [0.2, 0.25) is 0 Å². The molecule has 0 amide bonds. The lowest BCUT2D eigenvalue weighted by Crippen LogP contribution is -2.03. The van der Waals surface area contributed by atoms with Crippen LogP contribution in [-0.2, 0) is 0 Å². The van der Waals surface area contributed by atoms with Gasteiger partial charge in [-0.15, -0.1) is 0 Å². The Morgan fingerprint density at radius 2 is 2.07 bits per heavy atom. The average Bonchev–Trinajstić information content (AvgIpc) is 2.16. The summed E-state index contributed by atoms with van der Waals surface area (Å²) in [6.07, 6.45) is 0. The molecule has 0 N–H and O–H groups in total. The van der Waals surface area contributed by atoms with E-state index in [2.05, 4.69) is 18.8 Å². The summed E-state index contributed by atoms with van der Waals surface area (Å²) in [5.41, 5.74) is 1.52. The normalized spacial score (nSPS) is 11.2. The van der Waals surface area contributed by atoms with Crippen LogP contribution in [0.15, 0.2) is 27.4 Å². The fourth-order valence-electron chi connectivity index (χ4n) is 1.56. The molecule has 0 spiro atoms. The molecule has 0 aliphatic heterocycles. The SMILES string of the molecule is Cc1nc2ccc(C(C)C)cc2c(=O)o1. The molecule has 3 heteroatoms. The van der Waals surface area contributed by atoms with Crippen LogP contribution in [0.25, 0.3) is 10.9 Å². The first kappa shape index (κ1) is 9.90. The number of aromatic nitrogens is 1. The lowest BCUT2D eigenvalue weighted by molar-refractivity contribution is 0.467. The lowest BCUT2D eigenvalue weighted by Gasteiger charge is -2.05. The van der Waals surface area contributed by atoms with Crippen LogP contribution in [0.1, 0.15) is 31.2 Å². The predicted molar refractivity (Wildman–Crippen MR) is 59.1 cm³/mol. The Hall–Kier alpha value is -1.64. The topological polar surface area (TPSA) is 43.1 Å². The number of benzene rings is 1. The summed E-state index contributed by atoms with van der Waals surface area (Å²) in [6, 6.07) is 5.73. The highest BCUT2D eigenvalue weighted by Gasteiger charge is 2.06. The van der Waals surface area contributed by atoms with E-state index in [-0.39, 0.29) is 5.63 Å². The van der Waals surface area contributed by atoms with E-state index in [4.69, 9.17) is 4.42 Å². The van der Waals surface area contributed by atoms with Crippen molar-refractivity contribution in [3.63, 3.8) is 0 Å². The molecule has 15 heavy (non-hydrogen) atoms. The quantitative estimate of drug-likeness (QED) is 0.715. The highest BCUT2D eigenvalue weighted by Crippen LogP contribution is 2.18. The zero-order valence-electron chi connectivity index (χ0n) is 9.07. The number of fused-ring (bicyclic) bond motifs is 1. The van der Waals surface area contributed by atoms with Gasteiger partial charge in [-0.05, 0) is 23.6 Å². The van der Waals surface area contributed by atoms with E-state index >= 15 is 0 Å². The maximum Gasteiger partial charge on any atom is 0.346 e. The first-order valence-electron chi connectivity index (χ1n) is 4.99. The Balaban J connectivity index is 2.77. The second-order valence-electron chi connectivity index (χ2n) is 3.95. The van der Waals surface area contributed by atoms with Gasteiger partial charge in [0, 0.05) is 6.92 Å². The van der Waals surface area contributed by atoms with Crippen LogP contribution < -0.4 is 5.63 Å². The van der Waals surface area contributed by atoms with E-state index in [1.807, 2.05) is 18.2 Å². The molecular formula is C12H13NO2. The third-order valence-corrected chi connectivity index (χ3v) is 2.43.